The molecule has 2 nitrogen and oxygen atoms in total. The maximum atomic E-state index is 13.2. The molecule has 1 saturated heterocycles. The predicted octanol–water partition coefficient (Wildman–Crippen LogP) is 2.78. The number of rotatable bonds is 1. The number of nitrogens with one attached hydrogen (secondary N) is 1. The van der Waals surface area contributed by atoms with Crippen molar-refractivity contribution >= 4 is 11.6 Å². The standard InChI is InChI=1S/C11H13ClFNO/c1-11(5-2-6-14-11)9-7(12)3-4-8(13)10(9)15/h3-4,14-15H,2,5-6H2,1H3. The molecule has 2 rings (SSSR count). The third kappa shape index (κ3) is 1.70. The van der Waals surface area contributed by atoms with Crippen LogP contribution in [0.3, 0.4) is 0 Å². The highest BCUT2D eigenvalue weighted by atomic mass is 35.5. The summed E-state index contributed by atoms with van der Waals surface area (Å²) in [7, 11) is 0. The lowest BCUT2D eigenvalue weighted by Gasteiger charge is -2.27. The maximum Gasteiger partial charge on any atom is 0.165 e. The molecule has 4 heteroatoms. The fraction of sp³-hybridized carbons (Fsp3) is 0.455. The molecule has 1 aromatic rings. The van der Waals surface area contributed by atoms with Crippen molar-refractivity contribution in [1.82, 2.24) is 5.32 Å². The Kier molecular flexibility index (Phi) is 2.61. The van der Waals surface area contributed by atoms with Crippen molar-refractivity contribution < 1.29 is 9.50 Å². The van der Waals surface area contributed by atoms with Gasteiger partial charge in [-0.15, -0.1) is 0 Å². The van der Waals surface area contributed by atoms with Crippen LogP contribution in [0.5, 0.6) is 5.75 Å². The first-order valence-corrected chi connectivity index (χ1v) is 5.35. The van der Waals surface area contributed by atoms with Crippen molar-refractivity contribution in [3.63, 3.8) is 0 Å². The first-order valence-electron chi connectivity index (χ1n) is 4.97. The summed E-state index contributed by atoms with van der Waals surface area (Å²) in [5.41, 5.74) is 0.0603. The van der Waals surface area contributed by atoms with Crippen molar-refractivity contribution in [3.05, 3.63) is 28.5 Å². The summed E-state index contributed by atoms with van der Waals surface area (Å²) < 4.78 is 13.2. The maximum absolute atomic E-state index is 13.2. The van der Waals surface area contributed by atoms with Crippen LogP contribution in [-0.4, -0.2) is 11.7 Å². The molecule has 82 valence electrons. The zero-order chi connectivity index (χ0) is 11.1. The van der Waals surface area contributed by atoms with Crippen LogP contribution in [0.25, 0.3) is 0 Å². The van der Waals surface area contributed by atoms with Gasteiger partial charge in [-0.2, -0.15) is 0 Å². The predicted molar refractivity (Wildman–Crippen MR) is 57.7 cm³/mol. The van der Waals surface area contributed by atoms with Crippen LogP contribution in [0.4, 0.5) is 4.39 Å². The lowest BCUT2D eigenvalue weighted by Crippen LogP contribution is -2.33. The molecule has 1 unspecified atom stereocenters. The molecular formula is C11H13ClFNO. The van der Waals surface area contributed by atoms with E-state index in [9.17, 15) is 9.50 Å². The zero-order valence-corrected chi connectivity index (χ0v) is 9.24. The number of benzene rings is 1. The van der Waals surface area contributed by atoms with Crippen molar-refractivity contribution in [3.8, 4) is 5.75 Å². The summed E-state index contributed by atoms with van der Waals surface area (Å²) in [5, 5.41) is 13.4. The molecule has 2 N–H and O–H groups in total. The van der Waals surface area contributed by atoms with Crippen LogP contribution in [0.15, 0.2) is 12.1 Å². The Bertz CT molecular complexity index is 388. The largest absolute Gasteiger partial charge is 0.505 e. The second-order valence-electron chi connectivity index (χ2n) is 4.12. The van der Waals surface area contributed by atoms with Gasteiger partial charge in [-0.1, -0.05) is 11.6 Å². The molecule has 0 aliphatic carbocycles. The Morgan fingerprint density at radius 2 is 2.27 bits per heavy atom. The third-order valence-corrected chi connectivity index (χ3v) is 3.31. The lowest BCUT2D eigenvalue weighted by atomic mass is 9.89. The normalized spacial score (nSPS) is 25.8. The molecule has 0 aromatic heterocycles. The van der Waals surface area contributed by atoms with Crippen LogP contribution < -0.4 is 5.32 Å². The number of phenolic OH excluding ortho intramolecular Hbond substituents is 1. The molecule has 0 bridgehead atoms. The highest BCUT2D eigenvalue weighted by Gasteiger charge is 2.35. The average Bonchev–Trinajstić information content (AvgIpc) is 2.60. The van der Waals surface area contributed by atoms with Gasteiger partial charge >= 0.3 is 0 Å². The molecule has 1 aliphatic rings. The zero-order valence-electron chi connectivity index (χ0n) is 8.48. The summed E-state index contributed by atoms with van der Waals surface area (Å²) in [5.74, 6) is -0.955. The average molecular weight is 230 g/mol. The highest BCUT2D eigenvalue weighted by Crippen LogP contribution is 2.41. The van der Waals surface area contributed by atoms with E-state index < -0.39 is 11.4 Å². The summed E-state index contributed by atoms with van der Waals surface area (Å²) >= 11 is 6.00. The molecule has 0 saturated carbocycles. The van der Waals surface area contributed by atoms with Crippen LogP contribution in [0, 0.1) is 5.82 Å². The second-order valence-corrected chi connectivity index (χ2v) is 4.52. The quantitative estimate of drug-likeness (QED) is 0.776. The Morgan fingerprint density at radius 3 is 2.87 bits per heavy atom. The van der Waals surface area contributed by atoms with E-state index in [1.165, 1.54) is 12.1 Å². The molecule has 0 radical (unpaired) electrons. The van der Waals surface area contributed by atoms with Crippen molar-refractivity contribution in [1.29, 1.82) is 0 Å². The molecule has 1 aliphatic heterocycles. The van der Waals surface area contributed by atoms with Gasteiger partial charge in [-0.25, -0.2) is 4.39 Å². The van der Waals surface area contributed by atoms with Crippen LogP contribution >= 0.6 is 11.6 Å². The van der Waals surface area contributed by atoms with Gasteiger partial charge in [0.25, 0.3) is 0 Å². The number of hydrogen-bond acceptors (Lipinski definition) is 2. The van der Waals surface area contributed by atoms with E-state index in [1.54, 1.807) is 0 Å². The van der Waals surface area contributed by atoms with E-state index in [0.29, 0.717) is 10.6 Å². The topological polar surface area (TPSA) is 32.3 Å². The number of aromatic hydroxyl groups is 1. The van der Waals surface area contributed by atoms with Gasteiger partial charge in [0.1, 0.15) is 0 Å². The van der Waals surface area contributed by atoms with E-state index in [-0.39, 0.29) is 5.75 Å². The minimum Gasteiger partial charge on any atom is -0.505 e. The summed E-state index contributed by atoms with van der Waals surface area (Å²) in [4.78, 5) is 0. The van der Waals surface area contributed by atoms with Crippen molar-refractivity contribution in [2.45, 2.75) is 25.3 Å². The van der Waals surface area contributed by atoms with Gasteiger partial charge < -0.3 is 10.4 Å². The van der Waals surface area contributed by atoms with Gasteiger partial charge in [-0.3, -0.25) is 0 Å². The van der Waals surface area contributed by atoms with Gasteiger partial charge in [-0.05, 0) is 38.4 Å². The van der Waals surface area contributed by atoms with E-state index in [1.807, 2.05) is 6.92 Å². The van der Waals surface area contributed by atoms with Gasteiger partial charge in [0.05, 0.1) is 0 Å². The number of hydrogen-bond donors (Lipinski definition) is 2. The smallest absolute Gasteiger partial charge is 0.165 e. The Hall–Kier alpha value is -0.800. The van der Waals surface area contributed by atoms with E-state index >= 15 is 0 Å². The first kappa shape index (κ1) is 10.7. The van der Waals surface area contributed by atoms with Gasteiger partial charge in [0.15, 0.2) is 11.6 Å². The third-order valence-electron chi connectivity index (χ3n) is 3.00. The monoisotopic (exact) mass is 229 g/mol. The van der Waals surface area contributed by atoms with Crippen LogP contribution in [0.2, 0.25) is 5.02 Å². The fourth-order valence-corrected chi connectivity index (χ4v) is 2.54. The Labute approximate surface area is 93.1 Å². The SMILES string of the molecule is CC1(c2c(Cl)ccc(F)c2O)CCCN1. The van der Waals surface area contributed by atoms with E-state index in [2.05, 4.69) is 5.32 Å². The number of halogens is 2. The molecule has 1 atom stereocenters. The Balaban J connectivity index is 2.55. The van der Waals surface area contributed by atoms with E-state index in [4.69, 9.17) is 11.6 Å². The summed E-state index contributed by atoms with van der Waals surface area (Å²) in [6.07, 6.45) is 1.85. The van der Waals surface area contributed by atoms with Crippen molar-refractivity contribution in [2.75, 3.05) is 6.54 Å². The highest BCUT2D eigenvalue weighted by molar-refractivity contribution is 6.31. The molecule has 0 amide bonds. The molecular weight excluding hydrogens is 217 g/mol. The molecule has 1 fully saturated rings. The molecule has 15 heavy (non-hydrogen) atoms. The fourth-order valence-electron chi connectivity index (χ4n) is 2.17. The van der Waals surface area contributed by atoms with Gasteiger partial charge in [0, 0.05) is 16.1 Å². The second kappa shape index (κ2) is 3.65. The minimum absolute atomic E-state index is 0.334. The minimum atomic E-state index is -0.621. The van der Waals surface area contributed by atoms with E-state index in [0.717, 1.165) is 19.4 Å². The molecule has 0 spiro atoms. The summed E-state index contributed by atoms with van der Waals surface area (Å²) in [6.45, 7) is 2.79. The van der Waals surface area contributed by atoms with Gasteiger partial charge in [0.2, 0.25) is 0 Å². The summed E-state index contributed by atoms with van der Waals surface area (Å²) in [6, 6.07) is 2.66. The molecule has 1 aromatic carbocycles. The van der Waals surface area contributed by atoms with Crippen molar-refractivity contribution in [2.24, 2.45) is 0 Å². The molecule has 1 heterocycles. The first-order chi connectivity index (χ1) is 7.04. The van der Waals surface area contributed by atoms with Crippen LogP contribution in [-0.2, 0) is 5.54 Å². The lowest BCUT2D eigenvalue weighted by molar-refractivity contribution is 0.375. The number of phenols is 1. The Morgan fingerprint density at radius 1 is 1.53 bits per heavy atom. The van der Waals surface area contributed by atoms with Crippen LogP contribution in [0.1, 0.15) is 25.3 Å².